The number of ether oxygens (including phenoxy) is 2. The van der Waals surface area contributed by atoms with E-state index in [1.165, 1.54) is 11.0 Å². The fourth-order valence-corrected chi connectivity index (χ4v) is 4.90. The predicted molar refractivity (Wildman–Crippen MR) is 125 cm³/mol. The Morgan fingerprint density at radius 3 is 2.82 bits per heavy atom. The zero-order chi connectivity index (χ0) is 23.9. The first-order valence-electron chi connectivity index (χ1n) is 11.5. The van der Waals surface area contributed by atoms with Crippen LogP contribution in [0.2, 0.25) is 0 Å². The first-order valence-corrected chi connectivity index (χ1v) is 11.5. The van der Waals surface area contributed by atoms with E-state index in [9.17, 15) is 14.0 Å². The molecule has 5 rings (SSSR count). The lowest BCUT2D eigenvalue weighted by Crippen LogP contribution is -2.64. The molecule has 1 aromatic heterocycles. The quantitative estimate of drug-likeness (QED) is 0.605. The molecule has 178 valence electrons. The number of halogens is 1. The van der Waals surface area contributed by atoms with Gasteiger partial charge in [0.25, 0.3) is 5.91 Å². The molecule has 1 N–H and O–H groups in total. The van der Waals surface area contributed by atoms with E-state index < -0.39 is 11.4 Å². The van der Waals surface area contributed by atoms with Gasteiger partial charge in [0.1, 0.15) is 22.8 Å². The SMILES string of the molecule is COc1ccc2cc3n(c2c1)C[C@](C)(C(=O)NC[C@H]1CCCO1)N(Cc1ccccc1F)C3=O. The standard InChI is InChI=1S/C26H28FN3O4/c1-26(25(32)28-14-20-7-5-11-34-20)16-29-22-13-19(33-2)10-9-17(22)12-23(29)24(31)30(26)15-18-6-3-4-8-21(18)27/h3-4,6,8-10,12-13,20H,5,7,11,14-16H2,1-2H3,(H,28,32)/t20-,26-/m1/s1. The van der Waals surface area contributed by atoms with Crippen molar-refractivity contribution < 1.29 is 23.5 Å². The molecule has 0 saturated carbocycles. The third kappa shape index (κ3) is 3.81. The van der Waals surface area contributed by atoms with E-state index in [1.54, 1.807) is 32.2 Å². The van der Waals surface area contributed by atoms with Crippen LogP contribution in [0.15, 0.2) is 48.5 Å². The second-order valence-electron chi connectivity index (χ2n) is 9.14. The van der Waals surface area contributed by atoms with Gasteiger partial charge in [-0.2, -0.15) is 0 Å². The number of hydrogen-bond acceptors (Lipinski definition) is 4. The first-order chi connectivity index (χ1) is 16.4. The van der Waals surface area contributed by atoms with E-state index in [1.807, 2.05) is 28.8 Å². The molecule has 0 spiro atoms. The minimum Gasteiger partial charge on any atom is -0.497 e. The van der Waals surface area contributed by atoms with E-state index in [4.69, 9.17) is 9.47 Å². The Morgan fingerprint density at radius 1 is 1.26 bits per heavy atom. The second-order valence-corrected chi connectivity index (χ2v) is 9.14. The van der Waals surface area contributed by atoms with Crippen LogP contribution in [0, 0.1) is 5.82 Å². The molecule has 1 saturated heterocycles. The lowest BCUT2D eigenvalue weighted by Gasteiger charge is -2.44. The molecule has 34 heavy (non-hydrogen) atoms. The van der Waals surface area contributed by atoms with Crippen molar-refractivity contribution in [2.45, 2.75) is 44.5 Å². The van der Waals surface area contributed by atoms with Crippen LogP contribution < -0.4 is 10.1 Å². The molecule has 2 amide bonds. The van der Waals surface area contributed by atoms with Crippen molar-refractivity contribution in [1.82, 2.24) is 14.8 Å². The van der Waals surface area contributed by atoms with Crippen LogP contribution in [-0.2, 0) is 22.6 Å². The van der Waals surface area contributed by atoms with Gasteiger partial charge in [0.15, 0.2) is 0 Å². The summed E-state index contributed by atoms with van der Waals surface area (Å²) in [6.07, 6.45) is 1.83. The van der Waals surface area contributed by atoms with Crippen molar-refractivity contribution in [3.05, 3.63) is 65.6 Å². The Kier molecular flexibility index (Phi) is 5.77. The van der Waals surface area contributed by atoms with Gasteiger partial charge >= 0.3 is 0 Å². The molecular formula is C26H28FN3O4. The molecule has 0 unspecified atom stereocenters. The molecule has 0 aliphatic carbocycles. The summed E-state index contributed by atoms with van der Waals surface area (Å²) in [7, 11) is 1.59. The maximum Gasteiger partial charge on any atom is 0.271 e. The Morgan fingerprint density at radius 2 is 2.09 bits per heavy atom. The van der Waals surface area contributed by atoms with Gasteiger partial charge in [0.05, 0.1) is 31.8 Å². The Labute approximate surface area is 197 Å². The molecule has 8 heteroatoms. The number of carbonyl (C=O) groups is 2. The summed E-state index contributed by atoms with van der Waals surface area (Å²) in [5.41, 5.74) is 0.399. The summed E-state index contributed by atoms with van der Waals surface area (Å²) in [5.74, 6) is -0.352. The minimum atomic E-state index is -1.24. The normalized spacial score (nSPS) is 22.1. The van der Waals surface area contributed by atoms with Gasteiger partial charge in [-0.15, -0.1) is 0 Å². The summed E-state index contributed by atoms with van der Waals surface area (Å²) in [6.45, 7) is 3.03. The van der Waals surface area contributed by atoms with Crippen LogP contribution in [0.25, 0.3) is 10.9 Å². The number of rotatable bonds is 6. The molecular weight excluding hydrogens is 437 g/mol. The number of benzene rings is 2. The monoisotopic (exact) mass is 465 g/mol. The van der Waals surface area contributed by atoms with E-state index >= 15 is 0 Å². The van der Waals surface area contributed by atoms with Crippen molar-refractivity contribution in [2.75, 3.05) is 20.3 Å². The van der Waals surface area contributed by atoms with E-state index in [2.05, 4.69) is 5.32 Å². The van der Waals surface area contributed by atoms with Crippen molar-refractivity contribution in [3.8, 4) is 5.75 Å². The van der Waals surface area contributed by atoms with Crippen molar-refractivity contribution in [3.63, 3.8) is 0 Å². The largest absolute Gasteiger partial charge is 0.497 e. The zero-order valence-corrected chi connectivity index (χ0v) is 19.3. The van der Waals surface area contributed by atoms with Crippen molar-refractivity contribution in [2.24, 2.45) is 0 Å². The molecule has 2 aliphatic rings. The molecule has 2 atom stereocenters. The smallest absolute Gasteiger partial charge is 0.271 e. The van der Waals surface area contributed by atoms with Gasteiger partial charge in [-0.25, -0.2) is 4.39 Å². The number of aromatic nitrogens is 1. The van der Waals surface area contributed by atoms with Gasteiger partial charge in [-0.3, -0.25) is 9.59 Å². The highest BCUT2D eigenvalue weighted by Crippen LogP contribution is 2.35. The van der Waals surface area contributed by atoms with Crippen LogP contribution >= 0.6 is 0 Å². The maximum absolute atomic E-state index is 14.5. The lowest BCUT2D eigenvalue weighted by molar-refractivity contribution is -0.133. The van der Waals surface area contributed by atoms with Crippen LogP contribution in [-0.4, -0.2) is 53.2 Å². The van der Waals surface area contributed by atoms with Crippen LogP contribution in [0.4, 0.5) is 4.39 Å². The number of fused-ring (bicyclic) bond motifs is 3. The fraction of sp³-hybridized carbons (Fsp3) is 0.385. The predicted octanol–water partition coefficient (Wildman–Crippen LogP) is 3.50. The van der Waals surface area contributed by atoms with Crippen molar-refractivity contribution in [1.29, 1.82) is 0 Å². The summed E-state index contributed by atoms with van der Waals surface area (Å²) in [6, 6.07) is 13.7. The molecule has 2 aliphatic heterocycles. The Hall–Kier alpha value is -3.39. The third-order valence-corrected chi connectivity index (χ3v) is 6.93. The molecule has 1 fully saturated rings. The van der Waals surface area contributed by atoms with Gasteiger partial charge in [-0.1, -0.05) is 18.2 Å². The van der Waals surface area contributed by atoms with Gasteiger partial charge in [0, 0.05) is 30.2 Å². The summed E-state index contributed by atoms with van der Waals surface area (Å²) < 4.78 is 27.4. The van der Waals surface area contributed by atoms with Crippen LogP contribution in [0.3, 0.4) is 0 Å². The van der Waals surface area contributed by atoms with Crippen molar-refractivity contribution >= 4 is 22.7 Å². The number of amides is 2. The molecule has 3 heterocycles. The number of nitrogens with zero attached hydrogens (tertiary/aromatic N) is 2. The molecule has 0 radical (unpaired) electrons. The number of carbonyl (C=O) groups excluding carboxylic acids is 2. The van der Waals surface area contributed by atoms with E-state index in [0.29, 0.717) is 30.2 Å². The number of nitrogens with one attached hydrogen (secondary N) is 1. The fourth-order valence-electron chi connectivity index (χ4n) is 4.90. The van der Waals surface area contributed by atoms with Crippen LogP contribution in [0.5, 0.6) is 5.75 Å². The third-order valence-electron chi connectivity index (χ3n) is 6.93. The van der Waals surface area contributed by atoms with Gasteiger partial charge < -0.3 is 24.3 Å². The highest BCUT2D eigenvalue weighted by Gasteiger charge is 2.48. The molecule has 3 aromatic rings. The van der Waals surface area contributed by atoms with Gasteiger partial charge in [0.2, 0.25) is 5.91 Å². The van der Waals surface area contributed by atoms with Crippen LogP contribution in [0.1, 0.15) is 35.8 Å². The second kappa shape index (κ2) is 8.76. The Bertz CT molecular complexity index is 1250. The van der Waals surface area contributed by atoms with E-state index in [-0.39, 0.29) is 31.0 Å². The Balaban J connectivity index is 1.55. The van der Waals surface area contributed by atoms with Gasteiger partial charge in [-0.05, 0) is 44.0 Å². The topological polar surface area (TPSA) is 72.8 Å². The summed E-state index contributed by atoms with van der Waals surface area (Å²) in [4.78, 5) is 28.9. The number of methoxy groups -OCH3 is 1. The lowest BCUT2D eigenvalue weighted by atomic mass is 9.93. The zero-order valence-electron chi connectivity index (χ0n) is 19.3. The summed E-state index contributed by atoms with van der Waals surface area (Å²) in [5, 5.41) is 3.86. The van der Waals surface area contributed by atoms with E-state index in [0.717, 1.165) is 23.7 Å². The number of hydrogen-bond donors (Lipinski definition) is 1. The maximum atomic E-state index is 14.5. The average Bonchev–Trinajstić information content (AvgIpc) is 3.49. The minimum absolute atomic E-state index is 0.0137. The highest BCUT2D eigenvalue weighted by atomic mass is 19.1. The average molecular weight is 466 g/mol. The summed E-state index contributed by atoms with van der Waals surface area (Å²) >= 11 is 0. The highest BCUT2D eigenvalue weighted by molar-refractivity contribution is 6.03. The molecule has 7 nitrogen and oxygen atoms in total. The first kappa shape index (κ1) is 22.4. The molecule has 2 aromatic carbocycles. The molecule has 0 bridgehead atoms.